The predicted molar refractivity (Wildman–Crippen MR) is 48.1 cm³/mol. The van der Waals surface area contributed by atoms with Gasteiger partial charge in [-0.3, -0.25) is 0 Å². The van der Waals surface area contributed by atoms with E-state index in [1.54, 1.807) is 6.33 Å². The minimum Gasteiger partial charge on any atom is -0.241 e. The van der Waals surface area contributed by atoms with Crippen molar-refractivity contribution < 1.29 is 0 Å². The molecule has 2 rings (SSSR count). The molecule has 0 aromatic carbocycles. The molecule has 0 saturated heterocycles. The van der Waals surface area contributed by atoms with E-state index in [0.29, 0.717) is 0 Å². The van der Waals surface area contributed by atoms with Gasteiger partial charge in [0.25, 0.3) is 0 Å². The van der Waals surface area contributed by atoms with E-state index in [2.05, 4.69) is 16.0 Å². The van der Waals surface area contributed by atoms with Gasteiger partial charge in [0.2, 0.25) is 0 Å². The van der Waals surface area contributed by atoms with Crippen molar-refractivity contribution in [3.8, 4) is 6.07 Å². The van der Waals surface area contributed by atoms with Crippen LogP contribution in [0.2, 0.25) is 0 Å². The van der Waals surface area contributed by atoms with Crippen LogP contribution in [-0.4, -0.2) is 9.97 Å². The molecule has 1 aliphatic rings. The molecule has 1 aliphatic carbocycles. The fourth-order valence-electron chi connectivity index (χ4n) is 1.82. The Hall–Kier alpha value is -1.43. The minimum absolute atomic E-state index is 0.102. The lowest BCUT2D eigenvalue weighted by Crippen LogP contribution is -2.02. The largest absolute Gasteiger partial charge is 0.241 e. The highest BCUT2D eigenvalue weighted by Gasteiger charge is 2.19. The molecule has 0 aliphatic heterocycles. The summed E-state index contributed by atoms with van der Waals surface area (Å²) in [6.45, 7) is 1.89. The fourth-order valence-corrected chi connectivity index (χ4v) is 1.82. The lowest BCUT2D eigenvalue weighted by atomic mass is 10.0. The van der Waals surface area contributed by atoms with Gasteiger partial charge >= 0.3 is 0 Å². The Morgan fingerprint density at radius 3 is 3.08 bits per heavy atom. The quantitative estimate of drug-likeness (QED) is 0.648. The highest BCUT2D eigenvalue weighted by atomic mass is 14.9. The van der Waals surface area contributed by atoms with Crippen LogP contribution >= 0.6 is 0 Å². The van der Waals surface area contributed by atoms with E-state index in [-0.39, 0.29) is 5.92 Å². The van der Waals surface area contributed by atoms with Crippen LogP contribution < -0.4 is 0 Å². The van der Waals surface area contributed by atoms with Crippen LogP contribution in [0.3, 0.4) is 0 Å². The van der Waals surface area contributed by atoms with Crippen LogP contribution in [0.4, 0.5) is 0 Å². The first kappa shape index (κ1) is 8.18. The molecule has 1 aromatic rings. The third-order valence-electron chi connectivity index (χ3n) is 2.51. The van der Waals surface area contributed by atoms with Gasteiger partial charge in [0.15, 0.2) is 0 Å². The van der Waals surface area contributed by atoms with Crippen molar-refractivity contribution in [2.24, 2.45) is 0 Å². The van der Waals surface area contributed by atoms with Gasteiger partial charge in [-0.2, -0.15) is 5.26 Å². The van der Waals surface area contributed by atoms with Gasteiger partial charge in [-0.05, 0) is 31.7 Å². The zero-order chi connectivity index (χ0) is 9.26. The summed E-state index contributed by atoms with van der Waals surface area (Å²) in [5.41, 5.74) is 3.30. The molecule has 1 aromatic heterocycles. The Bertz CT molecular complexity index is 365. The van der Waals surface area contributed by atoms with Crippen LogP contribution in [-0.2, 0) is 12.8 Å². The topological polar surface area (TPSA) is 49.6 Å². The van der Waals surface area contributed by atoms with Gasteiger partial charge in [0.1, 0.15) is 6.33 Å². The number of hydrogen-bond donors (Lipinski definition) is 0. The third kappa shape index (κ3) is 1.29. The molecule has 0 amide bonds. The molecule has 0 spiro atoms. The summed E-state index contributed by atoms with van der Waals surface area (Å²) in [7, 11) is 0. The van der Waals surface area contributed by atoms with Gasteiger partial charge in [0.05, 0.1) is 17.7 Å². The van der Waals surface area contributed by atoms with E-state index >= 15 is 0 Å². The monoisotopic (exact) mass is 173 g/mol. The summed E-state index contributed by atoms with van der Waals surface area (Å²) in [6, 6.07) is 2.22. The molecule has 3 nitrogen and oxygen atoms in total. The zero-order valence-electron chi connectivity index (χ0n) is 7.62. The highest BCUT2D eigenvalue weighted by molar-refractivity contribution is 5.33. The van der Waals surface area contributed by atoms with Crippen molar-refractivity contribution in [1.82, 2.24) is 9.97 Å². The SMILES string of the molecule is CC(C#N)c1ncnc2c1CCC2. The maximum Gasteiger partial charge on any atom is 0.116 e. The molecule has 0 N–H and O–H groups in total. The first-order valence-corrected chi connectivity index (χ1v) is 4.55. The van der Waals surface area contributed by atoms with Crippen molar-refractivity contribution in [3.63, 3.8) is 0 Å². The van der Waals surface area contributed by atoms with Crippen LogP contribution in [0.15, 0.2) is 6.33 Å². The van der Waals surface area contributed by atoms with Crippen LogP contribution in [0.1, 0.15) is 36.2 Å². The van der Waals surface area contributed by atoms with Crippen LogP contribution in [0.5, 0.6) is 0 Å². The molecule has 66 valence electrons. The molecule has 0 bridgehead atoms. The first-order valence-electron chi connectivity index (χ1n) is 4.55. The molecule has 0 fully saturated rings. The van der Waals surface area contributed by atoms with Crippen LogP contribution in [0.25, 0.3) is 0 Å². The Labute approximate surface area is 77.4 Å². The molecule has 0 saturated carbocycles. The Kier molecular flexibility index (Phi) is 1.97. The summed E-state index contributed by atoms with van der Waals surface area (Å²) in [4.78, 5) is 8.40. The van der Waals surface area contributed by atoms with E-state index in [1.165, 1.54) is 5.56 Å². The van der Waals surface area contributed by atoms with Crippen LogP contribution in [0, 0.1) is 11.3 Å². The van der Waals surface area contributed by atoms with E-state index in [1.807, 2.05) is 6.92 Å². The maximum absolute atomic E-state index is 8.81. The standard InChI is InChI=1S/C10H11N3/c1-7(5-11)10-8-3-2-4-9(8)12-6-13-10/h6-7H,2-4H2,1H3. The smallest absolute Gasteiger partial charge is 0.116 e. The molecular weight excluding hydrogens is 162 g/mol. The predicted octanol–water partition coefficient (Wildman–Crippen LogP) is 1.59. The summed E-state index contributed by atoms with van der Waals surface area (Å²) < 4.78 is 0. The van der Waals surface area contributed by atoms with Crippen molar-refractivity contribution in [2.45, 2.75) is 32.1 Å². The lowest BCUT2D eigenvalue weighted by molar-refractivity contribution is 0.863. The van der Waals surface area contributed by atoms with E-state index < -0.39 is 0 Å². The average molecular weight is 173 g/mol. The third-order valence-corrected chi connectivity index (χ3v) is 2.51. The fraction of sp³-hybridized carbons (Fsp3) is 0.500. The molecule has 0 radical (unpaired) electrons. The Morgan fingerprint density at radius 1 is 1.46 bits per heavy atom. The van der Waals surface area contributed by atoms with Gasteiger partial charge < -0.3 is 0 Å². The number of aryl methyl sites for hydroxylation is 1. The van der Waals surface area contributed by atoms with Crippen molar-refractivity contribution >= 4 is 0 Å². The van der Waals surface area contributed by atoms with Gasteiger partial charge in [-0.25, -0.2) is 9.97 Å². The van der Waals surface area contributed by atoms with E-state index in [4.69, 9.17) is 5.26 Å². The number of aromatic nitrogens is 2. The average Bonchev–Trinajstić information content (AvgIpc) is 2.63. The second-order valence-electron chi connectivity index (χ2n) is 3.39. The summed E-state index contributed by atoms with van der Waals surface area (Å²) in [6.07, 6.45) is 4.81. The summed E-state index contributed by atoms with van der Waals surface area (Å²) in [5.74, 6) is -0.102. The van der Waals surface area contributed by atoms with Gasteiger partial charge in [-0.1, -0.05) is 0 Å². The molecular formula is C10H11N3. The molecule has 1 unspecified atom stereocenters. The first-order chi connectivity index (χ1) is 6.33. The van der Waals surface area contributed by atoms with E-state index in [9.17, 15) is 0 Å². The second-order valence-corrected chi connectivity index (χ2v) is 3.39. The van der Waals surface area contributed by atoms with Gasteiger partial charge in [0, 0.05) is 5.69 Å². The number of nitriles is 1. The molecule has 1 atom stereocenters. The molecule has 3 heteroatoms. The number of hydrogen-bond acceptors (Lipinski definition) is 3. The number of rotatable bonds is 1. The second kappa shape index (κ2) is 3.14. The normalized spacial score (nSPS) is 16.3. The Morgan fingerprint density at radius 2 is 2.31 bits per heavy atom. The molecule has 13 heavy (non-hydrogen) atoms. The minimum atomic E-state index is -0.102. The van der Waals surface area contributed by atoms with E-state index in [0.717, 1.165) is 30.7 Å². The molecule has 1 heterocycles. The number of fused-ring (bicyclic) bond motifs is 1. The van der Waals surface area contributed by atoms with Crippen molar-refractivity contribution in [1.29, 1.82) is 5.26 Å². The maximum atomic E-state index is 8.81. The zero-order valence-corrected chi connectivity index (χ0v) is 7.62. The number of nitrogens with zero attached hydrogens (tertiary/aromatic N) is 3. The summed E-state index contributed by atoms with van der Waals surface area (Å²) in [5, 5.41) is 8.81. The highest BCUT2D eigenvalue weighted by Crippen LogP contribution is 2.26. The summed E-state index contributed by atoms with van der Waals surface area (Å²) >= 11 is 0. The van der Waals surface area contributed by atoms with Crippen molar-refractivity contribution in [2.75, 3.05) is 0 Å². The lowest BCUT2D eigenvalue weighted by Gasteiger charge is -2.06. The van der Waals surface area contributed by atoms with Gasteiger partial charge in [-0.15, -0.1) is 0 Å². The van der Waals surface area contributed by atoms with Crippen molar-refractivity contribution in [3.05, 3.63) is 23.3 Å². The Balaban J connectivity index is 2.48.